The smallest absolute Gasteiger partial charge is 0.231 e. The molecule has 146 valence electrons. The summed E-state index contributed by atoms with van der Waals surface area (Å²) in [5.74, 6) is 1.82. The van der Waals surface area contributed by atoms with E-state index in [9.17, 15) is 4.39 Å². The minimum atomic E-state index is -0.207. The Morgan fingerprint density at radius 3 is 2.93 bits per heavy atom. The van der Waals surface area contributed by atoms with E-state index >= 15 is 0 Å². The average molecular weight is 382 g/mol. The molecule has 6 nitrogen and oxygen atoms in total. The van der Waals surface area contributed by atoms with Crippen molar-refractivity contribution >= 4 is 10.9 Å². The molecular formula is C21H23FN4O2. The zero-order valence-electron chi connectivity index (χ0n) is 15.7. The van der Waals surface area contributed by atoms with Gasteiger partial charge in [0.1, 0.15) is 5.82 Å². The Morgan fingerprint density at radius 2 is 2.00 bits per heavy atom. The van der Waals surface area contributed by atoms with Crippen LogP contribution in [0.2, 0.25) is 0 Å². The molecule has 1 saturated heterocycles. The van der Waals surface area contributed by atoms with Gasteiger partial charge in [-0.15, -0.1) is 0 Å². The summed E-state index contributed by atoms with van der Waals surface area (Å²) in [4.78, 5) is 5.67. The second kappa shape index (κ2) is 7.09. The second-order valence-corrected chi connectivity index (χ2v) is 7.60. The van der Waals surface area contributed by atoms with Crippen LogP contribution in [0.4, 0.5) is 4.39 Å². The summed E-state index contributed by atoms with van der Waals surface area (Å²) in [6.45, 7) is 2.88. The molecule has 7 heteroatoms. The van der Waals surface area contributed by atoms with Crippen LogP contribution in [0.3, 0.4) is 0 Å². The van der Waals surface area contributed by atoms with Crippen molar-refractivity contribution in [3.05, 3.63) is 59.5 Å². The number of nitrogens with one attached hydrogen (secondary N) is 3. The normalized spacial score (nSPS) is 21.1. The van der Waals surface area contributed by atoms with E-state index in [0.717, 1.165) is 47.7 Å². The molecule has 0 saturated carbocycles. The van der Waals surface area contributed by atoms with E-state index in [1.165, 1.54) is 11.6 Å². The van der Waals surface area contributed by atoms with Crippen LogP contribution in [-0.4, -0.2) is 36.8 Å². The van der Waals surface area contributed by atoms with Crippen LogP contribution in [0.15, 0.2) is 42.5 Å². The SMILES string of the molecule is CN(Cc1cc2cc(F)ccc2[nH]1)CC1CNNC1c1ccc2c(c1)OCO2. The van der Waals surface area contributed by atoms with E-state index in [4.69, 9.17) is 9.47 Å². The van der Waals surface area contributed by atoms with Gasteiger partial charge in [0.15, 0.2) is 11.5 Å². The van der Waals surface area contributed by atoms with Crippen molar-refractivity contribution in [1.82, 2.24) is 20.7 Å². The Kier molecular flexibility index (Phi) is 4.43. The first-order chi connectivity index (χ1) is 13.7. The maximum absolute atomic E-state index is 13.4. The molecule has 2 atom stereocenters. The number of aromatic amines is 1. The molecule has 0 amide bonds. The van der Waals surface area contributed by atoms with Crippen molar-refractivity contribution in [2.75, 3.05) is 26.9 Å². The topological polar surface area (TPSA) is 61.6 Å². The second-order valence-electron chi connectivity index (χ2n) is 7.60. The highest BCUT2D eigenvalue weighted by Crippen LogP contribution is 2.36. The lowest BCUT2D eigenvalue weighted by molar-refractivity contribution is 0.174. The lowest BCUT2D eigenvalue weighted by Gasteiger charge is -2.24. The molecule has 5 rings (SSSR count). The van der Waals surface area contributed by atoms with Gasteiger partial charge in [0.2, 0.25) is 6.79 Å². The standard InChI is InChI=1S/C21H23FN4O2/c1-26(11-17-7-14-6-16(22)3-4-18(14)24-17)10-15-9-23-25-21(15)13-2-5-19-20(8-13)28-12-27-19/h2-8,15,21,23-25H,9-12H2,1H3. The van der Waals surface area contributed by atoms with Crippen LogP contribution in [0.1, 0.15) is 17.3 Å². The molecule has 2 aromatic carbocycles. The van der Waals surface area contributed by atoms with Crippen LogP contribution in [0.5, 0.6) is 11.5 Å². The number of nitrogens with zero attached hydrogens (tertiary/aromatic N) is 1. The highest BCUT2D eigenvalue weighted by Gasteiger charge is 2.30. The number of hydrogen-bond acceptors (Lipinski definition) is 5. The number of halogens is 1. The van der Waals surface area contributed by atoms with E-state index in [1.807, 2.05) is 12.1 Å². The van der Waals surface area contributed by atoms with Gasteiger partial charge in [0.25, 0.3) is 0 Å². The minimum absolute atomic E-state index is 0.203. The molecule has 3 heterocycles. The highest BCUT2D eigenvalue weighted by atomic mass is 19.1. The third-order valence-electron chi connectivity index (χ3n) is 5.47. The van der Waals surface area contributed by atoms with Gasteiger partial charge < -0.3 is 19.4 Å². The van der Waals surface area contributed by atoms with Crippen LogP contribution in [0, 0.1) is 11.7 Å². The number of fused-ring (bicyclic) bond motifs is 2. The van der Waals surface area contributed by atoms with Crippen LogP contribution in [-0.2, 0) is 6.54 Å². The van der Waals surface area contributed by atoms with Crippen molar-refractivity contribution < 1.29 is 13.9 Å². The van der Waals surface area contributed by atoms with Gasteiger partial charge in [0, 0.05) is 42.1 Å². The Morgan fingerprint density at radius 1 is 1.11 bits per heavy atom. The predicted molar refractivity (Wildman–Crippen MR) is 105 cm³/mol. The van der Waals surface area contributed by atoms with Gasteiger partial charge in [0.05, 0.1) is 6.04 Å². The molecular weight excluding hydrogens is 359 g/mol. The third kappa shape index (κ3) is 3.32. The number of aromatic nitrogens is 1. The van der Waals surface area contributed by atoms with Crippen molar-refractivity contribution in [3.63, 3.8) is 0 Å². The fourth-order valence-electron chi connectivity index (χ4n) is 4.17. The molecule has 0 aliphatic carbocycles. The van der Waals surface area contributed by atoms with Gasteiger partial charge in [-0.2, -0.15) is 0 Å². The molecule has 0 spiro atoms. The summed E-state index contributed by atoms with van der Waals surface area (Å²) in [5, 5.41) is 0.908. The maximum Gasteiger partial charge on any atom is 0.231 e. The summed E-state index contributed by atoms with van der Waals surface area (Å²) in [5.41, 5.74) is 9.91. The van der Waals surface area contributed by atoms with Crippen LogP contribution >= 0.6 is 0 Å². The molecule has 3 N–H and O–H groups in total. The number of hydrogen-bond donors (Lipinski definition) is 3. The molecule has 3 aromatic rings. The zero-order valence-corrected chi connectivity index (χ0v) is 15.7. The first kappa shape index (κ1) is 17.5. The molecule has 2 aliphatic rings. The fraction of sp³-hybridized carbons (Fsp3) is 0.333. The molecule has 1 fully saturated rings. The number of hydrazine groups is 1. The Bertz CT molecular complexity index is 1010. The largest absolute Gasteiger partial charge is 0.454 e. The third-order valence-corrected chi connectivity index (χ3v) is 5.47. The summed E-state index contributed by atoms with van der Waals surface area (Å²) < 4.78 is 24.3. The van der Waals surface area contributed by atoms with Gasteiger partial charge in [-0.05, 0) is 49.0 Å². The van der Waals surface area contributed by atoms with Crippen molar-refractivity contribution in [2.24, 2.45) is 5.92 Å². The first-order valence-corrected chi connectivity index (χ1v) is 9.49. The fourth-order valence-corrected chi connectivity index (χ4v) is 4.17. The quantitative estimate of drug-likeness (QED) is 0.633. The molecule has 1 aromatic heterocycles. The summed E-state index contributed by atoms with van der Waals surface area (Å²) >= 11 is 0. The first-order valence-electron chi connectivity index (χ1n) is 9.49. The van der Waals surface area contributed by atoms with Crippen molar-refractivity contribution in [2.45, 2.75) is 12.6 Å². The van der Waals surface area contributed by atoms with Gasteiger partial charge >= 0.3 is 0 Å². The maximum atomic E-state index is 13.4. The lowest BCUT2D eigenvalue weighted by atomic mass is 9.94. The number of benzene rings is 2. The molecule has 2 unspecified atom stereocenters. The van der Waals surface area contributed by atoms with E-state index in [0.29, 0.717) is 5.92 Å². The van der Waals surface area contributed by atoms with E-state index in [-0.39, 0.29) is 18.7 Å². The summed E-state index contributed by atoms with van der Waals surface area (Å²) in [7, 11) is 2.11. The van der Waals surface area contributed by atoms with Gasteiger partial charge in [-0.3, -0.25) is 5.43 Å². The van der Waals surface area contributed by atoms with E-state index in [2.05, 4.69) is 39.9 Å². The van der Waals surface area contributed by atoms with Crippen molar-refractivity contribution in [3.8, 4) is 11.5 Å². The van der Waals surface area contributed by atoms with Gasteiger partial charge in [-0.1, -0.05) is 6.07 Å². The Labute approximate surface area is 162 Å². The Hall–Kier alpha value is -2.61. The van der Waals surface area contributed by atoms with E-state index in [1.54, 1.807) is 12.1 Å². The lowest BCUT2D eigenvalue weighted by Crippen LogP contribution is -2.30. The van der Waals surface area contributed by atoms with E-state index < -0.39 is 0 Å². The monoisotopic (exact) mass is 382 g/mol. The zero-order chi connectivity index (χ0) is 19.1. The average Bonchev–Trinajstić information content (AvgIpc) is 3.39. The molecule has 2 aliphatic heterocycles. The summed E-state index contributed by atoms with van der Waals surface area (Å²) in [6.07, 6.45) is 0. The van der Waals surface area contributed by atoms with Crippen LogP contribution < -0.4 is 20.3 Å². The Balaban J connectivity index is 1.27. The molecule has 0 radical (unpaired) electrons. The van der Waals surface area contributed by atoms with Gasteiger partial charge in [-0.25, -0.2) is 9.82 Å². The minimum Gasteiger partial charge on any atom is -0.454 e. The molecule has 0 bridgehead atoms. The number of ether oxygens (including phenoxy) is 2. The van der Waals surface area contributed by atoms with Crippen molar-refractivity contribution in [1.29, 1.82) is 0 Å². The highest BCUT2D eigenvalue weighted by molar-refractivity contribution is 5.80. The number of rotatable bonds is 5. The van der Waals surface area contributed by atoms with Crippen LogP contribution in [0.25, 0.3) is 10.9 Å². The predicted octanol–water partition coefficient (Wildman–Crippen LogP) is 2.93. The molecule has 28 heavy (non-hydrogen) atoms. The summed E-state index contributed by atoms with van der Waals surface area (Å²) in [6, 6.07) is 13.2. The number of H-pyrrole nitrogens is 1.